The van der Waals surface area contributed by atoms with Crippen LogP contribution < -0.4 is 15.5 Å². The lowest BCUT2D eigenvalue weighted by Crippen LogP contribution is -2.31. The molecule has 2 fully saturated rings. The predicted molar refractivity (Wildman–Crippen MR) is 83.2 cm³/mol. The molecule has 1 atom stereocenters. The lowest BCUT2D eigenvalue weighted by molar-refractivity contribution is -0.121. The van der Waals surface area contributed by atoms with Crippen molar-refractivity contribution >= 4 is 11.7 Å². The zero-order valence-electron chi connectivity index (χ0n) is 12.5. The molecule has 2 saturated heterocycles. The third-order valence-corrected chi connectivity index (χ3v) is 4.32. The zero-order chi connectivity index (χ0) is 14.5. The highest BCUT2D eigenvalue weighted by Gasteiger charge is 2.17. The van der Waals surface area contributed by atoms with Gasteiger partial charge in [0.05, 0.1) is 0 Å². The van der Waals surface area contributed by atoms with Gasteiger partial charge in [0, 0.05) is 38.3 Å². The van der Waals surface area contributed by atoms with E-state index >= 15 is 0 Å². The summed E-state index contributed by atoms with van der Waals surface area (Å²) in [4.78, 5) is 18.7. The largest absolute Gasteiger partial charge is 0.357 e. The minimum absolute atomic E-state index is 0.123. The van der Waals surface area contributed by atoms with Crippen molar-refractivity contribution in [1.82, 2.24) is 15.6 Å². The molecular weight excluding hydrogens is 264 g/mol. The van der Waals surface area contributed by atoms with Gasteiger partial charge in [-0.1, -0.05) is 6.07 Å². The van der Waals surface area contributed by atoms with Crippen LogP contribution in [0.25, 0.3) is 0 Å². The molecule has 0 spiro atoms. The van der Waals surface area contributed by atoms with Gasteiger partial charge in [0.2, 0.25) is 5.91 Å². The topological polar surface area (TPSA) is 57.3 Å². The molecule has 2 aliphatic rings. The molecule has 1 amide bonds. The Bertz CT molecular complexity index is 462. The third kappa shape index (κ3) is 3.94. The van der Waals surface area contributed by atoms with Crippen LogP contribution in [0.5, 0.6) is 0 Å². The van der Waals surface area contributed by atoms with Crippen LogP contribution in [-0.2, 0) is 11.3 Å². The molecule has 114 valence electrons. The summed E-state index contributed by atoms with van der Waals surface area (Å²) in [7, 11) is 0. The summed E-state index contributed by atoms with van der Waals surface area (Å²) >= 11 is 0. The van der Waals surface area contributed by atoms with Gasteiger partial charge in [-0.2, -0.15) is 0 Å². The van der Waals surface area contributed by atoms with Gasteiger partial charge in [0.25, 0.3) is 0 Å². The number of anilines is 1. The smallest absolute Gasteiger partial charge is 0.221 e. The van der Waals surface area contributed by atoms with Gasteiger partial charge < -0.3 is 15.5 Å². The Kier molecular flexibility index (Phi) is 4.70. The van der Waals surface area contributed by atoms with Crippen LogP contribution in [0.1, 0.15) is 37.7 Å². The lowest BCUT2D eigenvalue weighted by atomic mass is 10.1. The van der Waals surface area contributed by atoms with E-state index in [0.717, 1.165) is 37.4 Å². The Morgan fingerprint density at radius 3 is 2.86 bits per heavy atom. The summed E-state index contributed by atoms with van der Waals surface area (Å²) in [6.07, 6.45) is 7.27. The van der Waals surface area contributed by atoms with E-state index in [1.54, 1.807) is 0 Å². The van der Waals surface area contributed by atoms with Crippen molar-refractivity contribution in [3.8, 4) is 0 Å². The number of carbonyl (C=O) groups excluding carboxylic acids is 1. The molecule has 1 aromatic rings. The Balaban J connectivity index is 1.45. The fraction of sp³-hybridized carbons (Fsp3) is 0.625. The van der Waals surface area contributed by atoms with Crippen molar-refractivity contribution in [2.75, 3.05) is 24.5 Å². The summed E-state index contributed by atoms with van der Waals surface area (Å²) in [5.74, 6) is 1.18. The number of hydrogen-bond acceptors (Lipinski definition) is 4. The van der Waals surface area contributed by atoms with Gasteiger partial charge in [-0.25, -0.2) is 4.98 Å². The summed E-state index contributed by atoms with van der Waals surface area (Å²) in [6, 6.07) is 4.49. The minimum atomic E-state index is 0.123. The Hall–Kier alpha value is -1.62. The van der Waals surface area contributed by atoms with Gasteiger partial charge in [-0.15, -0.1) is 0 Å². The second kappa shape index (κ2) is 6.89. The van der Waals surface area contributed by atoms with Crippen molar-refractivity contribution < 1.29 is 4.79 Å². The molecule has 0 bridgehead atoms. The van der Waals surface area contributed by atoms with Crippen molar-refractivity contribution in [1.29, 1.82) is 0 Å². The fourth-order valence-electron chi connectivity index (χ4n) is 3.08. The number of nitrogens with zero attached hydrogens (tertiary/aromatic N) is 2. The number of pyridine rings is 1. The number of hydrogen-bond donors (Lipinski definition) is 2. The first kappa shape index (κ1) is 14.3. The summed E-state index contributed by atoms with van der Waals surface area (Å²) < 4.78 is 0. The average Bonchev–Trinajstić information content (AvgIpc) is 3.19. The van der Waals surface area contributed by atoms with E-state index in [4.69, 9.17) is 0 Å². The van der Waals surface area contributed by atoms with Gasteiger partial charge in [-0.3, -0.25) is 4.79 Å². The van der Waals surface area contributed by atoms with Gasteiger partial charge in [0.1, 0.15) is 5.82 Å². The second-order valence-electron chi connectivity index (χ2n) is 5.99. The summed E-state index contributed by atoms with van der Waals surface area (Å²) in [5, 5.41) is 6.33. The number of rotatable bonds is 5. The molecule has 0 saturated carbocycles. The highest BCUT2D eigenvalue weighted by Crippen LogP contribution is 2.17. The highest BCUT2D eigenvalue weighted by molar-refractivity contribution is 5.76. The Morgan fingerprint density at radius 1 is 1.33 bits per heavy atom. The van der Waals surface area contributed by atoms with Crippen LogP contribution in [-0.4, -0.2) is 36.6 Å². The summed E-state index contributed by atoms with van der Waals surface area (Å²) in [6.45, 7) is 3.83. The lowest BCUT2D eigenvalue weighted by Gasteiger charge is -2.16. The monoisotopic (exact) mass is 288 g/mol. The van der Waals surface area contributed by atoms with Crippen LogP contribution in [0.4, 0.5) is 5.82 Å². The van der Waals surface area contributed by atoms with E-state index < -0.39 is 0 Å². The standard InChI is InChI=1S/C16H24N4O/c21-16(10-14-4-3-7-17-14)19-12-13-5-6-15(18-11-13)20-8-1-2-9-20/h5-6,11,14,17H,1-4,7-10,12H2,(H,19,21). The fourth-order valence-corrected chi connectivity index (χ4v) is 3.08. The molecule has 0 aliphatic carbocycles. The molecule has 5 nitrogen and oxygen atoms in total. The first-order valence-electron chi connectivity index (χ1n) is 8.01. The quantitative estimate of drug-likeness (QED) is 0.861. The van der Waals surface area contributed by atoms with Crippen LogP contribution in [0, 0.1) is 0 Å². The van der Waals surface area contributed by atoms with Crippen LogP contribution in [0.3, 0.4) is 0 Å². The van der Waals surface area contributed by atoms with E-state index in [1.165, 1.54) is 19.3 Å². The van der Waals surface area contributed by atoms with E-state index in [9.17, 15) is 4.79 Å². The second-order valence-corrected chi connectivity index (χ2v) is 5.99. The molecule has 21 heavy (non-hydrogen) atoms. The average molecular weight is 288 g/mol. The zero-order valence-corrected chi connectivity index (χ0v) is 12.5. The van der Waals surface area contributed by atoms with Crippen LogP contribution in [0.2, 0.25) is 0 Å². The van der Waals surface area contributed by atoms with Crippen molar-refractivity contribution in [2.24, 2.45) is 0 Å². The molecule has 0 aromatic carbocycles. The number of amides is 1. The van der Waals surface area contributed by atoms with Gasteiger partial charge in [-0.05, 0) is 43.9 Å². The maximum absolute atomic E-state index is 11.9. The van der Waals surface area contributed by atoms with Crippen LogP contribution in [0.15, 0.2) is 18.3 Å². The molecule has 1 unspecified atom stereocenters. The normalized spacial score (nSPS) is 21.7. The molecule has 5 heteroatoms. The maximum atomic E-state index is 11.9. The van der Waals surface area contributed by atoms with Gasteiger partial charge in [0.15, 0.2) is 0 Å². The van der Waals surface area contributed by atoms with E-state index in [0.29, 0.717) is 19.0 Å². The molecule has 3 rings (SSSR count). The molecular formula is C16H24N4O. The number of nitrogens with one attached hydrogen (secondary N) is 2. The number of aromatic nitrogens is 1. The molecule has 2 aliphatic heterocycles. The molecule has 3 heterocycles. The van der Waals surface area contributed by atoms with Crippen LogP contribution >= 0.6 is 0 Å². The Morgan fingerprint density at radius 2 is 2.19 bits per heavy atom. The Labute approximate surface area is 126 Å². The molecule has 1 aromatic heterocycles. The van der Waals surface area contributed by atoms with E-state index in [2.05, 4.69) is 32.7 Å². The molecule has 0 radical (unpaired) electrons. The predicted octanol–water partition coefficient (Wildman–Crippen LogP) is 1.44. The third-order valence-electron chi connectivity index (χ3n) is 4.32. The maximum Gasteiger partial charge on any atom is 0.221 e. The number of carbonyl (C=O) groups is 1. The van der Waals surface area contributed by atoms with E-state index in [-0.39, 0.29) is 5.91 Å². The SMILES string of the molecule is O=C(CC1CCCN1)NCc1ccc(N2CCCC2)nc1. The van der Waals surface area contributed by atoms with Gasteiger partial charge >= 0.3 is 0 Å². The molecule has 2 N–H and O–H groups in total. The van der Waals surface area contributed by atoms with E-state index in [1.807, 2.05) is 6.20 Å². The first-order valence-corrected chi connectivity index (χ1v) is 8.01. The minimum Gasteiger partial charge on any atom is -0.357 e. The van der Waals surface area contributed by atoms with Crippen molar-refractivity contribution in [3.05, 3.63) is 23.9 Å². The van der Waals surface area contributed by atoms with Crippen molar-refractivity contribution in [3.63, 3.8) is 0 Å². The highest BCUT2D eigenvalue weighted by atomic mass is 16.1. The van der Waals surface area contributed by atoms with Crippen molar-refractivity contribution in [2.45, 2.75) is 44.7 Å². The first-order chi connectivity index (χ1) is 10.3. The summed E-state index contributed by atoms with van der Waals surface area (Å²) in [5.41, 5.74) is 1.06.